The molecule has 0 atom stereocenters. The summed E-state index contributed by atoms with van der Waals surface area (Å²) in [5, 5.41) is 8.45. The summed E-state index contributed by atoms with van der Waals surface area (Å²) in [6.45, 7) is 1.87. The summed E-state index contributed by atoms with van der Waals surface area (Å²) in [7, 11) is -4.07. The summed E-state index contributed by atoms with van der Waals surface area (Å²) in [6.07, 6.45) is 0.528. The maximum absolute atomic E-state index is 13.5. The molecule has 0 aliphatic rings. The van der Waals surface area contributed by atoms with Gasteiger partial charge in [-0.05, 0) is 18.6 Å². The van der Waals surface area contributed by atoms with Gasteiger partial charge in [0.05, 0.1) is 10.6 Å². The molecule has 0 aliphatic heterocycles. The number of halogens is 2. The normalized spacial score (nSPS) is 11.5. The van der Waals surface area contributed by atoms with E-state index in [0.717, 1.165) is 0 Å². The minimum Gasteiger partial charge on any atom is -0.478 e. The van der Waals surface area contributed by atoms with Crippen molar-refractivity contribution in [2.45, 2.75) is 18.2 Å². The molecule has 2 N–H and O–H groups in total. The first-order valence-corrected chi connectivity index (χ1v) is 6.87. The van der Waals surface area contributed by atoms with Gasteiger partial charge in [-0.2, -0.15) is 0 Å². The predicted octanol–water partition coefficient (Wildman–Crippen LogP) is 1.87. The molecule has 0 unspecified atom stereocenters. The Morgan fingerprint density at radius 2 is 2.11 bits per heavy atom. The van der Waals surface area contributed by atoms with E-state index in [2.05, 4.69) is 4.72 Å². The molecule has 0 fully saturated rings. The fourth-order valence-corrected chi connectivity index (χ4v) is 2.66. The van der Waals surface area contributed by atoms with Crippen LogP contribution in [0.2, 0.25) is 5.02 Å². The van der Waals surface area contributed by atoms with Crippen LogP contribution < -0.4 is 4.72 Å². The molecule has 0 spiro atoms. The van der Waals surface area contributed by atoms with Crippen LogP contribution in [-0.4, -0.2) is 26.0 Å². The van der Waals surface area contributed by atoms with Gasteiger partial charge in [0.2, 0.25) is 10.0 Å². The third kappa shape index (κ3) is 3.18. The number of hydrogen-bond acceptors (Lipinski definition) is 3. The second-order valence-corrected chi connectivity index (χ2v) is 5.61. The molecule has 0 aromatic heterocycles. The van der Waals surface area contributed by atoms with Crippen molar-refractivity contribution in [1.29, 1.82) is 0 Å². The second-order valence-electron chi connectivity index (χ2n) is 3.47. The summed E-state index contributed by atoms with van der Waals surface area (Å²) < 4.78 is 39.1. The highest BCUT2D eigenvalue weighted by molar-refractivity contribution is 7.89. The van der Waals surface area contributed by atoms with Gasteiger partial charge in [0, 0.05) is 6.54 Å². The second kappa shape index (κ2) is 5.64. The van der Waals surface area contributed by atoms with Crippen molar-refractivity contribution in [2.75, 3.05) is 6.54 Å². The van der Waals surface area contributed by atoms with E-state index < -0.39 is 32.3 Å². The number of carboxylic acids is 1. The van der Waals surface area contributed by atoms with E-state index in [4.69, 9.17) is 16.7 Å². The number of rotatable bonds is 5. The van der Waals surface area contributed by atoms with Crippen molar-refractivity contribution in [3.63, 3.8) is 0 Å². The Morgan fingerprint density at radius 1 is 1.50 bits per heavy atom. The molecular formula is C10H11ClFNO4S. The molecule has 1 aromatic rings. The van der Waals surface area contributed by atoms with Gasteiger partial charge in [-0.15, -0.1) is 0 Å². The van der Waals surface area contributed by atoms with E-state index >= 15 is 0 Å². The minimum atomic E-state index is -4.07. The highest BCUT2D eigenvalue weighted by atomic mass is 35.5. The minimum absolute atomic E-state index is 0.132. The first-order chi connectivity index (χ1) is 8.29. The Balaban J connectivity index is 3.33. The zero-order chi connectivity index (χ0) is 13.9. The van der Waals surface area contributed by atoms with Gasteiger partial charge < -0.3 is 5.11 Å². The van der Waals surface area contributed by atoms with E-state index in [-0.39, 0.29) is 11.6 Å². The summed E-state index contributed by atoms with van der Waals surface area (Å²) in [5.74, 6) is -2.51. The highest BCUT2D eigenvalue weighted by Gasteiger charge is 2.22. The van der Waals surface area contributed by atoms with E-state index in [0.29, 0.717) is 18.6 Å². The van der Waals surface area contributed by atoms with Gasteiger partial charge in [0.15, 0.2) is 0 Å². The first-order valence-electron chi connectivity index (χ1n) is 5.01. The summed E-state index contributed by atoms with van der Waals surface area (Å²) in [5.41, 5.74) is -0.463. The Labute approximate surface area is 109 Å². The lowest BCUT2D eigenvalue weighted by molar-refractivity contribution is 0.0696. The van der Waals surface area contributed by atoms with Crippen molar-refractivity contribution in [3.8, 4) is 0 Å². The van der Waals surface area contributed by atoms with Gasteiger partial charge in [0.25, 0.3) is 0 Å². The van der Waals surface area contributed by atoms with Crippen LogP contribution in [0.3, 0.4) is 0 Å². The number of sulfonamides is 1. The topological polar surface area (TPSA) is 83.5 Å². The molecule has 18 heavy (non-hydrogen) atoms. The number of carboxylic acid groups (broad SMARTS) is 1. The monoisotopic (exact) mass is 295 g/mol. The lowest BCUT2D eigenvalue weighted by Crippen LogP contribution is -2.25. The van der Waals surface area contributed by atoms with Crippen LogP contribution in [0, 0.1) is 5.82 Å². The quantitative estimate of drug-likeness (QED) is 0.868. The fourth-order valence-electron chi connectivity index (χ4n) is 1.21. The lowest BCUT2D eigenvalue weighted by atomic mass is 10.2. The SMILES string of the molecule is CCCNS(=O)(=O)c1cc(C(=O)O)c(Cl)cc1F. The van der Waals surface area contributed by atoms with Crippen LogP contribution in [0.25, 0.3) is 0 Å². The number of benzene rings is 1. The molecule has 1 rings (SSSR count). The zero-order valence-corrected chi connectivity index (χ0v) is 11.0. The van der Waals surface area contributed by atoms with Crippen LogP contribution in [0.4, 0.5) is 4.39 Å². The van der Waals surface area contributed by atoms with Gasteiger partial charge in [-0.1, -0.05) is 18.5 Å². The van der Waals surface area contributed by atoms with Crippen molar-refractivity contribution >= 4 is 27.6 Å². The van der Waals surface area contributed by atoms with Crippen LogP contribution in [0.1, 0.15) is 23.7 Å². The molecule has 0 heterocycles. The predicted molar refractivity (Wildman–Crippen MR) is 63.8 cm³/mol. The average molecular weight is 296 g/mol. The standard InChI is InChI=1S/C10H11ClFNO4S/c1-2-3-13-18(16,17)9-4-6(10(14)15)7(11)5-8(9)12/h4-5,13H,2-3H2,1H3,(H,14,15). The molecule has 0 saturated carbocycles. The molecular weight excluding hydrogens is 285 g/mol. The molecule has 5 nitrogen and oxygen atoms in total. The average Bonchev–Trinajstić information content (AvgIpc) is 2.25. The molecule has 1 aromatic carbocycles. The summed E-state index contributed by atoms with van der Waals surface area (Å²) >= 11 is 5.51. The van der Waals surface area contributed by atoms with Crippen molar-refractivity contribution in [2.24, 2.45) is 0 Å². The fraction of sp³-hybridized carbons (Fsp3) is 0.300. The Bertz CT molecular complexity index is 573. The van der Waals surface area contributed by atoms with E-state index in [1.54, 1.807) is 6.92 Å². The van der Waals surface area contributed by atoms with Crippen LogP contribution in [0.15, 0.2) is 17.0 Å². The Morgan fingerprint density at radius 3 is 2.61 bits per heavy atom. The van der Waals surface area contributed by atoms with Crippen molar-refractivity contribution in [1.82, 2.24) is 4.72 Å². The molecule has 0 amide bonds. The maximum atomic E-state index is 13.5. The molecule has 8 heteroatoms. The van der Waals surface area contributed by atoms with Gasteiger partial charge in [-0.3, -0.25) is 0 Å². The number of carbonyl (C=O) groups is 1. The Kier molecular flexibility index (Phi) is 4.66. The summed E-state index contributed by atoms with van der Waals surface area (Å²) in [4.78, 5) is 10.1. The molecule has 0 aliphatic carbocycles. The Hall–Kier alpha value is -1.18. The number of aromatic carboxylic acids is 1. The molecule has 0 saturated heterocycles. The van der Waals surface area contributed by atoms with E-state index in [9.17, 15) is 17.6 Å². The summed E-state index contributed by atoms with van der Waals surface area (Å²) in [6, 6.07) is 1.38. The molecule has 0 radical (unpaired) electrons. The lowest BCUT2D eigenvalue weighted by Gasteiger charge is -2.08. The van der Waals surface area contributed by atoms with Crippen LogP contribution in [-0.2, 0) is 10.0 Å². The van der Waals surface area contributed by atoms with E-state index in [1.807, 2.05) is 0 Å². The number of hydrogen-bond donors (Lipinski definition) is 2. The number of nitrogens with one attached hydrogen (secondary N) is 1. The molecule has 100 valence electrons. The largest absolute Gasteiger partial charge is 0.478 e. The van der Waals surface area contributed by atoms with Crippen LogP contribution in [0.5, 0.6) is 0 Å². The van der Waals surface area contributed by atoms with Crippen molar-refractivity contribution < 1.29 is 22.7 Å². The smallest absolute Gasteiger partial charge is 0.337 e. The van der Waals surface area contributed by atoms with Gasteiger partial charge in [-0.25, -0.2) is 22.3 Å². The zero-order valence-electron chi connectivity index (χ0n) is 9.41. The maximum Gasteiger partial charge on any atom is 0.337 e. The van der Waals surface area contributed by atoms with Crippen LogP contribution >= 0.6 is 11.6 Å². The third-order valence-electron chi connectivity index (χ3n) is 2.08. The van der Waals surface area contributed by atoms with E-state index in [1.165, 1.54) is 0 Å². The van der Waals surface area contributed by atoms with Crippen molar-refractivity contribution in [3.05, 3.63) is 28.5 Å². The molecule has 0 bridgehead atoms. The third-order valence-corrected chi connectivity index (χ3v) is 3.87. The first kappa shape index (κ1) is 14.9. The highest BCUT2D eigenvalue weighted by Crippen LogP contribution is 2.23. The van der Waals surface area contributed by atoms with Gasteiger partial charge in [0.1, 0.15) is 10.7 Å². The van der Waals surface area contributed by atoms with Gasteiger partial charge >= 0.3 is 5.97 Å².